The van der Waals surface area contributed by atoms with Gasteiger partial charge in [-0.2, -0.15) is 4.31 Å². The summed E-state index contributed by atoms with van der Waals surface area (Å²) in [5.41, 5.74) is 1.04. The largest absolute Gasteiger partial charge is 0.494 e. The Morgan fingerprint density at radius 3 is 2.64 bits per heavy atom. The van der Waals surface area contributed by atoms with Crippen molar-refractivity contribution in [1.82, 2.24) is 19.3 Å². The summed E-state index contributed by atoms with van der Waals surface area (Å²) in [6.07, 6.45) is 4.83. The average molecular weight is 362 g/mol. The third-order valence-electron chi connectivity index (χ3n) is 4.68. The van der Waals surface area contributed by atoms with Crippen molar-refractivity contribution in [3.8, 4) is 5.75 Å². The molecule has 1 saturated carbocycles. The number of benzene rings is 1. The zero-order chi connectivity index (χ0) is 17.3. The lowest BCUT2D eigenvalue weighted by Gasteiger charge is -2.37. The van der Waals surface area contributed by atoms with Gasteiger partial charge in [-0.15, -0.1) is 5.10 Å². The SMILES string of the molecule is O=S(=O)(CCCOc1ccccc1)N1CC(n2cc(C3CC3)nn2)C1. The molecule has 0 amide bonds. The molecule has 8 heteroatoms. The van der Waals surface area contributed by atoms with Gasteiger partial charge in [0, 0.05) is 25.2 Å². The number of para-hydroxylation sites is 1. The molecule has 0 N–H and O–H groups in total. The molecule has 0 atom stereocenters. The predicted octanol–water partition coefficient (Wildman–Crippen LogP) is 1.81. The molecule has 1 saturated heterocycles. The Kier molecular flexibility index (Phi) is 4.47. The number of hydrogen-bond acceptors (Lipinski definition) is 5. The van der Waals surface area contributed by atoms with Crippen LogP contribution in [0.5, 0.6) is 5.75 Å². The standard InChI is InChI=1S/C17H22N4O3S/c22-25(23,10-4-9-24-16-5-2-1-3-6-16)20-11-15(12-20)21-13-17(18-19-21)14-7-8-14/h1-3,5-6,13-15H,4,7-12H2. The first-order valence-electron chi connectivity index (χ1n) is 8.69. The first-order valence-corrected chi connectivity index (χ1v) is 10.3. The van der Waals surface area contributed by atoms with Gasteiger partial charge in [-0.05, 0) is 31.4 Å². The molecule has 4 rings (SSSR count). The van der Waals surface area contributed by atoms with Gasteiger partial charge in [-0.3, -0.25) is 0 Å². The second-order valence-electron chi connectivity index (χ2n) is 6.70. The summed E-state index contributed by atoms with van der Waals surface area (Å²) >= 11 is 0. The van der Waals surface area contributed by atoms with Crippen LogP contribution in [0, 0.1) is 0 Å². The van der Waals surface area contributed by atoms with Crippen LogP contribution in [0.3, 0.4) is 0 Å². The van der Waals surface area contributed by atoms with Gasteiger partial charge in [0.1, 0.15) is 5.75 Å². The van der Waals surface area contributed by atoms with Crippen LogP contribution in [0.1, 0.15) is 36.9 Å². The van der Waals surface area contributed by atoms with E-state index in [9.17, 15) is 8.42 Å². The summed E-state index contributed by atoms with van der Waals surface area (Å²) in [4.78, 5) is 0. The fourth-order valence-electron chi connectivity index (χ4n) is 2.92. The number of ether oxygens (including phenoxy) is 1. The topological polar surface area (TPSA) is 77.3 Å². The predicted molar refractivity (Wildman–Crippen MR) is 92.9 cm³/mol. The van der Waals surface area contributed by atoms with Crippen molar-refractivity contribution in [3.05, 3.63) is 42.2 Å². The second-order valence-corrected chi connectivity index (χ2v) is 8.79. The molecule has 2 aliphatic rings. The van der Waals surface area contributed by atoms with E-state index in [2.05, 4.69) is 10.3 Å². The summed E-state index contributed by atoms with van der Waals surface area (Å²) in [6.45, 7) is 1.36. The Hall–Kier alpha value is -1.93. The van der Waals surface area contributed by atoms with Crippen molar-refractivity contribution in [2.45, 2.75) is 31.2 Å². The molecule has 2 heterocycles. The highest BCUT2D eigenvalue weighted by atomic mass is 32.2. The Bertz CT molecular complexity index is 811. The van der Waals surface area contributed by atoms with Crippen molar-refractivity contribution in [1.29, 1.82) is 0 Å². The number of nitrogens with zero attached hydrogens (tertiary/aromatic N) is 4. The zero-order valence-corrected chi connectivity index (χ0v) is 14.8. The van der Waals surface area contributed by atoms with Gasteiger partial charge in [0.15, 0.2) is 0 Å². The minimum atomic E-state index is -3.22. The molecule has 2 fully saturated rings. The molecule has 0 radical (unpaired) electrons. The fourth-order valence-corrected chi connectivity index (χ4v) is 4.46. The molecule has 134 valence electrons. The lowest BCUT2D eigenvalue weighted by atomic mass is 10.2. The van der Waals surface area contributed by atoms with Gasteiger partial charge in [0.05, 0.1) is 24.1 Å². The molecule has 1 aromatic carbocycles. The van der Waals surface area contributed by atoms with Crippen molar-refractivity contribution in [2.75, 3.05) is 25.4 Å². The second kappa shape index (κ2) is 6.76. The van der Waals surface area contributed by atoms with E-state index in [1.165, 1.54) is 17.1 Å². The molecule has 0 spiro atoms. The Morgan fingerprint density at radius 1 is 1.16 bits per heavy atom. The van der Waals surface area contributed by atoms with Gasteiger partial charge in [-0.1, -0.05) is 23.4 Å². The zero-order valence-electron chi connectivity index (χ0n) is 14.0. The van der Waals surface area contributed by atoms with E-state index in [1.54, 1.807) is 0 Å². The molecular formula is C17H22N4O3S. The van der Waals surface area contributed by atoms with Crippen molar-refractivity contribution in [3.63, 3.8) is 0 Å². The minimum Gasteiger partial charge on any atom is -0.494 e. The van der Waals surface area contributed by atoms with E-state index in [4.69, 9.17) is 4.74 Å². The van der Waals surface area contributed by atoms with E-state index in [1.807, 2.05) is 41.2 Å². The van der Waals surface area contributed by atoms with Gasteiger partial charge < -0.3 is 4.74 Å². The van der Waals surface area contributed by atoms with Crippen molar-refractivity contribution in [2.24, 2.45) is 0 Å². The van der Waals surface area contributed by atoms with Crippen LogP contribution in [0.25, 0.3) is 0 Å². The number of aromatic nitrogens is 3. The maximum Gasteiger partial charge on any atom is 0.214 e. The summed E-state index contributed by atoms with van der Waals surface area (Å²) in [6, 6.07) is 9.54. The highest BCUT2D eigenvalue weighted by Crippen LogP contribution is 2.39. The lowest BCUT2D eigenvalue weighted by molar-refractivity contribution is 0.188. The smallest absolute Gasteiger partial charge is 0.214 e. The quantitative estimate of drug-likeness (QED) is 0.669. The van der Waals surface area contributed by atoms with Crippen LogP contribution in [-0.2, 0) is 10.0 Å². The normalized spacial score (nSPS) is 18.9. The first kappa shape index (κ1) is 16.5. The third-order valence-corrected chi connectivity index (χ3v) is 6.57. The van der Waals surface area contributed by atoms with E-state index >= 15 is 0 Å². The molecule has 7 nitrogen and oxygen atoms in total. The molecule has 0 unspecified atom stereocenters. The monoisotopic (exact) mass is 362 g/mol. The van der Waals surface area contributed by atoms with Gasteiger partial charge in [0.2, 0.25) is 10.0 Å². The molecule has 1 aliphatic heterocycles. The molecule has 1 aliphatic carbocycles. The number of rotatable bonds is 8. The highest BCUT2D eigenvalue weighted by Gasteiger charge is 2.37. The van der Waals surface area contributed by atoms with Crippen LogP contribution in [-0.4, -0.2) is 53.2 Å². The first-order chi connectivity index (χ1) is 12.1. The van der Waals surface area contributed by atoms with Gasteiger partial charge in [-0.25, -0.2) is 13.1 Å². The lowest BCUT2D eigenvalue weighted by Crippen LogP contribution is -2.51. The van der Waals surface area contributed by atoms with Crippen molar-refractivity contribution < 1.29 is 13.2 Å². The maximum absolute atomic E-state index is 12.3. The van der Waals surface area contributed by atoms with E-state index < -0.39 is 10.0 Å². The Labute approximate surface area is 147 Å². The van der Waals surface area contributed by atoms with Gasteiger partial charge >= 0.3 is 0 Å². The van der Waals surface area contributed by atoms with Crippen LogP contribution < -0.4 is 4.74 Å². The summed E-state index contributed by atoms with van der Waals surface area (Å²) in [7, 11) is -3.22. The summed E-state index contributed by atoms with van der Waals surface area (Å²) in [5.74, 6) is 1.44. The van der Waals surface area contributed by atoms with Crippen LogP contribution >= 0.6 is 0 Å². The summed E-state index contributed by atoms with van der Waals surface area (Å²) < 4.78 is 33.6. The number of hydrogen-bond donors (Lipinski definition) is 0. The van der Waals surface area contributed by atoms with E-state index in [-0.39, 0.29) is 11.8 Å². The molecular weight excluding hydrogens is 340 g/mol. The van der Waals surface area contributed by atoms with E-state index in [0.717, 1.165) is 11.4 Å². The van der Waals surface area contributed by atoms with Crippen LogP contribution in [0.4, 0.5) is 0 Å². The summed E-state index contributed by atoms with van der Waals surface area (Å²) in [5, 5.41) is 8.34. The van der Waals surface area contributed by atoms with Crippen LogP contribution in [0.2, 0.25) is 0 Å². The fraction of sp³-hybridized carbons (Fsp3) is 0.529. The molecule has 2 aromatic rings. The molecule has 1 aromatic heterocycles. The third kappa shape index (κ3) is 3.85. The maximum atomic E-state index is 12.3. The Balaban J connectivity index is 1.22. The molecule has 0 bridgehead atoms. The number of sulfonamides is 1. The van der Waals surface area contributed by atoms with Crippen molar-refractivity contribution >= 4 is 10.0 Å². The average Bonchev–Trinajstić information content (AvgIpc) is 3.30. The Morgan fingerprint density at radius 2 is 1.92 bits per heavy atom. The van der Waals surface area contributed by atoms with E-state index in [0.29, 0.717) is 32.0 Å². The van der Waals surface area contributed by atoms with Gasteiger partial charge in [0.25, 0.3) is 0 Å². The highest BCUT2D eigenvalue weighted by molar-refractivity contribution is 7.89. The minimum absolute atomic E-state index is 0.107. The van der Waals surface area contributed by atoms with Crippen LogP contribution in [0.15, 0.2) is 36.5 Å². The molecule has 25 heavy (non-hydrogen) atoms.